The molecule has 1 heterocycles. The van der Waals surface area contributed by atoms with Crippen LogP contribution in [0.15, 0.2) is 36.6 Å². The van der Waals surface area contributed by atoms with E-state index in [1.165, 1.54) is 12.2 Å². The van der Waals surface area contributed by atoms with Crippen LogP contribution >= 0.6 is 23.1 Å². The van der Waals surface area contributed by atoms with Crippen LogP contribution in [0, 0.1) is 18.3 Å². The van der Waals surface area contributed by atoms with Gasteiger partial charge in [0, 0.05) is 0 Å². The first-order valence-electron chi connectivity index (χ1n) is 4.87. The fourth-order valence-corrected chi connectivity index (χ4v) is 2.09. The van der Waals surface area contributed by atoms with Gasteiger partial charge in [0.1, 0.15) is 10.9 Å². The Balaban J connectivity index is 3.05. The second-order valence-corrected chi connectivity index (χ2v) is 4.36. The molecule has 4 nitrogen and oxygen atoms in total. The third-order valence-corrected chi connectivity index (χ3v) is 3.58. The first-order valence-corrected chi connectivity index (χ1v) is 6.02. The lowest BCUT2D eigenvalue weighted by Crippen LogP contribution is -2.22. The van der Waals surface area contributed by atoms with Crippen LogP contribution in [0.2, 0.25) is 5.02 Å². The van der Waals surface area contributed by atoms with Gasteiger partial charge in [0.05, 0.1) is 22.0 Å². The van der Waals surface area contributed by atoms with Gasteiger partial charge in [-0.05, 0) is 30.6 Å². The van der Waals surface area contributed by atoms with E-state index in [0.29, 0.717) is 21.3 Å². The number of nitrogens with zero attached hydrogens (tertiary/aromatic N) is 2. The first-order chi connectivity index (χ1) is 8.54. The molecule has 0 fully saturated rings. The van der Waals surface area contributed by atoms with Crippen molar-refractivity contribution in [3.63, 3.8) is 0 Å². The number of hydrogen-bond donors (Lipinski definition) is 1. The molecule has 0 aliphatic carbocycles. The van der Waals surface area contributed by atoms with Gasteiger partial charge in [0.2, 0.25) is 0 Å². The zero-order valence-corrected chi connectivity index (χ0v) is 11.2. The number of carbonyl (C=O) groups excluding carboxylic acids is 1. The number of amides is 1. The quantitative estimate of drug-likeness (QED) is 0.681. The molecule has 0 radical (unpaired) electrons. The normalized spacial score (nSPS) is 11.2. The second-order valence-electron chi connectivity index (χ2n) is 3.21. The van der Waals surface area contributed by atoms with Gasteiger partial charge < -0.3 is 5.32 Å². The molecule has 92 valence electrons. The van der Waals surface area contributed by atoms with E-state index in [2.05, 4.69) is 22.8 Å². The third kappa shape index (κ3) is 2.86. The van der Waals surface area contributed by atoms with Gasteiger partial charge in [0.15, 0.2) is 0 Å². The van der Waals surface area contributed by atoms with Crippen LogP contribution in [0.3, 0.4) is 0 Å². The lowest BCUT2D eigenvalue weighted by Gasteiger charge is -2.05. The van der Waals surface area contributed by atoms with Crippen LogP contribution in [-0.4, -0.2) is 10.3 Å². The SMILES string of the molecule is C=C/C(C#N)=C(\C=C)NC(=O)c1snc(C)c1Cl. The van der Waals surface area contributed by atoms with Crippen molar-refractivity contribution < 1.29 is 4.79 Å². The predicted molar refractivity (Wildman–Crippen MR) is 72.4 cm³/mol. The first kappa shape index (κ1) is 14.2. The topological polar surface area (TPSA) is 65.8 Å². The number of nitriles is 1. The highest BCUT2D eigenvalue weighted by Gasteiger charge is 2.17. The molecule has 0 aromatic carbocycles. The Bertz CT molecular complexity index is 581. The lowest BCUT2D eigenvalue weighted by atomic mass is 10.2. The summed E-state index contributed by atoms with van der Waals surface area (Å²) >= 11 is 6.94. The molecule has 0 unspecified atom stereocenters. The van der Waals surface area contributed by atoms with Crippen LogP contribution in [0.4, 0.5) is 0 Å². The summed E-state index contributed by atoms with van der Waals surface area (Å²) in [6, 6.07) is 1.91. The van der Waals surface area contributed by atoms with Crippen molar-refractivity contribution in [2.75, 3.05) is 0 Å². The molecule has 0 aliphatic heterocycles. The average molecular weight is 280 g/mol. The van der Waals surface area contributed by atoms with Crippen molar-refractivity contribution in [1.82, 2.24) is 9.69 Å². The van der Waals surface area contributed by atoms with Gasteiger partial charge in [-0.1, -0.05) is 24.8 Å². The number of carbonyl (C=O) groups is 1. The summed E-state index contributed by atoms with van der Waals surface area (Å²) in [6.45, 7) is 8.74. The highest BCUT2D eigenvalue weighted by Crippen LogP contribution is 2.24. The molecule has 0 bridgehead atoms. The fourth-order valence-electron chi connectivity index (χ4n) is 1.12. The van der Waals surface area contributed by atoms with E-state index in [9.17, 15) is 4.79 Å². The molecule has 0 atom stereocenters. The summed E-state index contributed by atoms with van der Waals surface area (Å²) in [6.07, 6.45) is 2.72. The standard InChI is InChI=1S/C12H10ClN3OS/c1-4-8(6-14)9(5-2)15-12(17)11-10(13)7(3)16-18-11/h4-5H,1-2H2,3H3,(H,15,17)/b9-8-. The van der Waals surface area contributed by atoms with Crippen LogP contribution in [-0.2, 0) is 0 Å². The van der Waals surface area contributed by atoms with E-state index in [1.54, 1.807) is 6.92 Å². The number of hydrogen-bond acceptors (Lipinski definition) is 4. The van der Waals surface area contributed by atoms with Gasteiger partial charge in [-0.2, -0.15) is 9.64 Å². The van der Waals surface area contributed by atoms with Crippen molar-refractivity contribution in [2.24, 2.45) is 0 Å². The minimum atomic E-state index is -0.421. The number of aryl methyl sites for hydroxylation is 1. The van der Waals surface area contributed by atoms with Gasteiger partial charge in [-0.25, -0.2) is 0 Å². The highest BCUT2D eigenvalue weighted by molar-refractivity contribution is 7.08. The number of nitrogens with one attached hydrogen (secondary N) is 1. The molecule has 1 amide bonds. The fraction of sp³-hybridized carbons (Fsp3) is 0.0833. The molecule has 1 aromatic rings. The van der Waals surface area contributed by atoms with Crippen LogP contribution in [0.25, 0.3) is 0 Å². The van der Waals surface area contributed by atoms with Crippen LogP contribution < -0.4 is 5.32 Å². The minimum Gasteiger partial charge on any atom is -0.320 e. The summed E-state index contributed by atoms with van der Waals surface area (Å²) in [5.41, 5.74) is 1.12. The van der Waals surface area contributed by atoms with E-state index < -0.39 is 5.91 Å². The number of halogens is 1. The van der Waals surface area contributed by atoms with Crippen LogP contribution in [0.5, 0.6) is 0 Å². The molecule has 1 rings (SSSR count). The summed E-state index contributed by atoms with van der Waals surface area (Å²) in [5, 5.41) is 11.7. The molecule has 18 heavy (non-hydrogen) atoms. The van der Waals surface area contributed by atoms with E-state index in [4.69, 9.17) is 16.9 Å². The molecular weight excluding hydrogens is 270 g/mol. The largest absolute Gasteiger partial charge is 0.320 e. The molecule has 1 N–H and O–H groups in total. The molecule has 0 saturated carbocycles. The summed E-state index contributed by atoms with van der Waals surface area (Å²) in [7, 11) is 0. The van der Waals surface area contributed by atoms with E-state index in [1.807, 2.05) is 6.07 Å². The monoisotopic (exact) mass is 279 g/mol. The molecule has 0 aliphatic rings. The average Bonchev–Trinajstić information content (AvgIpc) is 2.70. The Kier molecular flexibility index (Phi) is 4.84. The van der Waals surface area contributed by atoms with E-state index in [-0.39, 0.29) is 5.57 Å². The number of allylic oxidation sites excluding steroid dienone is 3. The zero-order chi connectivity index (χ0) is 13.7. The van der Waals surface area contributed by atoms with E-state index >= 15 is 0 Å². The van der Waals surface area contributed by atoms with Gasteiger partial charge in [0.25, 0.3) is 5.91 Å². The van der Waals surface area contributed by atoms with Crippen LogP contribution in [0.1, 0.15) is 15.4 Å². The van der Waals surface area contributed by atoms with Gasteiger partial charge in [-0.15, -0.1) is 0 Å². The van der Waals surface area contributed by atoms with Crippen molar-refractivity contribution >= 4 is 29.0 Å². The van der Waals surface area contributed by atoms with Crippen molar-refractivity contribution in [1.29, 1.82) is 5.26 Å². The second kappa shape index (κ2) is 6.15. The summed E-state index contributed by atoms with van der Waals surface area (Å²) in [5.74, 6) is -0.421. The Hall–Kier alpha value is -1.90. The molecular formula is C12H10ClN3OS. The molecule has 0 spiro atoms. The van der Waals surface area contributed by atoms with E-state index in [0.717, 1.165) is 11.5 Å². The summed E-state index contributed by atoms with van der Waals surface area (Å²) < 4.78 is 3.98. The zero-order valence-electron chi connectivity index (χ0n) is 9.66. The minimum absolute atomic E-state index is 0.232. The maximum Gasteiger partial charge on any atom is 0.268 e. The van der Waals surface area contributed by atoms with Crippen molar-refractivity contribution in [2.45, 2.75) is 6.92 Å². The molecule has 0 saturated heterocycles. The maximum absolute atomic E-state index is 11.9. The molecule has 1 aromatic heterocycles. The summed E-state index contributed by atoms with van der Waals surface area (Å²) in [4.78, 5) is 12.2. The Labute approximate surface area is 114 Å². The third-order valence-electron chi connectivity index (χ3n) is 2.06. The molecule has 6 heteroatoms. The lowest BCUT2D eigenvalue weighted by molar-refractivity contribution is 0.0971. The smallest absolute Gasteiger partial charge is 0.268 e. The number of rotatable bonds is 4. The number of aromatic nitrogens is 1. The predicted octanol–water partition coefficient (Wildman–Crippen LogP) is 2.98. The Morgan fingerprint density at radius 2 is 2.22 bits per heavy atom. The van der Waals surface area contributed by atoms with Gasteiger partial charge >= 0.3 is 0 Å². The van der Waals surface area contributed by atoms with Crippen molar-refractivity contribution in [3.8, 4) is 6.07 Å². The maximum atomic E-state index is 11.9. The van der Waals surface area contributed by atoms with Gasteiger partial charge in [-0.3, -0.25) is 4.79 Å². The Morgan fingerprint density at radius 1 is 1.56 bits per heavy atom. The van der Waals surface area contributed by atoms with Crippen molar-refractivity contribution in [3.05, 3.63) is 52.2 Å². The Morgan fingerprint density at radius 3 is 2.61 bits per heavy atom. The highest BCUT2D eigenvalue weighted by atomic mass is 35.5.